The van der Waals surface area contributed by atoms with Crippen molar-refractivity contribution in [2.45, 2.75) is 50.0 Å². The molecule has 2 fully saturated rings. The van der Waals surface area contributed by atoms with Gasteiger partial charge >= 0.3 is 0 Å². The molecule has 1 amide bonds. The summed E-state index contributed by atoms with van der Waals surface area (Å²) in [6.07, 6.45) is 6.83. The molecule has 25 heavy (non-hydrogen) atoms. The number of rotatable bonds is 6. The van der Waals surface area contributed by atoms with Crippen molar-refractivity contribution in [3.63, 3.8) is 0 Å². The van der Waals surface area contributed by atoms with Crippen molar-refractivity contribution in [3.8, 4) is 0 Å². The van der Waals surface area contributed by atoms with Crippen LogP contribution in [0.2, 0.25) is 0 Å². The van der Waals surface area contributed by atoms with E-state index in [0.29, 0.717) is 0 Å². The summed E-state index contributed by atoms with van der Waals surface area (Å²) in [7, 11) is 1.54. The van der Waals surface area contributed by atoms with Gasteiger partial charge in [-0.05, 0) is 43.4 Å². The van der Waals surface area contributed by atoms with Gasteiger partial charge in [0.05, 0.1) is 0 Å². The third-order valence-corrected chi connectivity index (χ3v) is 5.77. The molecular weight excluding hydrogens is 319 g/mol. The van der Waals surface area contributed by atoms with Gasteiger partial charge in [-0.25, -0.2) is 4.39 Å². The molecule has 1 aliphatic heterocycles. The van der Waals surface area contributed by atoms with E-state index in [9.17, 15) is 9.18 Å². The van der Waals surface area contributed by atoms with Crippen LogP contribution >= 0.6 is 0 Å². The van der Waals surface area contributed by atoms with Crippen molar-refractivity contribution >= 4 is 5.91 Å². The minimum atomic E-state index is -0.162. The molecule has 1 saturated heterocycles. The Balaban J connectivity index is 1.57. The highest BCUT2D eigenvalue weighted by molar-refractivity contribution is 5.77. The molecule has 0 radical (unpaired) electrons. The number of halogens is 1. The number of amides is 1. The summed E-state index contributed by atoms with van der Waals surface area (Å²) in [5.41, 5.74) is 1.45. The fourth-order valence-electron chi connectivity index (χ4n) is 4.46. The Hall–Kier alpha value is -1.46. The Kier molecular flexibility index (Phi) is 6.07. The summed E-state index contributed by atoms with van der Waals surface area (Å²) in [4.78, 5) is 14.2. The van der Waals surface area contributed by atoms with Crippen molar-refractivity contribution in [1.82, 2.24) is 10.2 Å². The molecule has 3 rings (SSSR count). The lowest BCUT2D eigenvalue weighted by atomic mass is 9.78. The van der Waals surface area contributed by atoms with Crippen LogP contribution in [0.5, 0.6) is 0 Å². The fourth-order valence-corrected chi connectivity index (χ4v) is 4.46. The van der Waals surface area contributed by atoms with Crippen LogP contribution in [0.3, 0.4) is 0 Å². The largest absolute Gasteiger partial charge is 0.375 e. The number of carbonyl (C=O) groups excluding carboxylic acids is 1. The van der Waals surface area contributed by atoms with Gasteiger partial charge in [0.15, 0.2) is 0 Å². The van der Waals surface area contributed by atoms with Gasteiger partial charge in [-0.15, -0.1) is 0 Å². The van der Waals surface area contributed by atoms with Crippen molar-refractivity contribution in [2.24, 2.45) is 0 Å². The zero-order valence-corrected chi connectivity index (χ0v) is 15.1. The summed E-state index contributed by atoms with van der Waals surface area (Å²) < 4.78 is 18.2. The molecule has 1 aromatic carbocycles. The van der Waals surface area contributed by atoms with Crippen LogP contribution in [0.25, 0.3) is 0 Å². The molecule has 5 heteroatoms. The van der Waals surface area contributed by atoms with Crippen LogP contribution < -0.4 is 5.32 Å². The van der Waals surface area contributed by atoms with Gasteiger partial charge in [-0.2, -0.15) is 0 Å². The lowest BCUT2D eigenvalue weighted by Gasteiger charge is -2.39. The van der Waals surface area contributed by atoms with Crippen LogP contribution in [0.4, 0.5) is 4.39 Å². The molecule has 0 unspecified atom stereocenters. The quantitative estimate of drug-likeness (QED) is 0.859. The van der Waals surface area contributed by atoms with Gasteiger partial charge in [-0.3, -0.25) is 4.79 Å². The van der Waals surface area contributed by atoms with E-state index in [1.165, 1.54) is 31.2 Å². The number of methoxy groups -OCH3 is 1. The number of hydrogen-bond donors (Lipinski definition) is 1. The van der Waals surface area contributed by atoms with Crippen LogP contribution in [-0.4, -0.2) is 50.2 Å². The number of likely N-dealkylation sites (tertiary alicyclic amines) is 1. The number of nitrogens with zero attached hydrogens (tertiary/aromatic N) is 1. The molecule has 0 atom stereocenters. The topological polar surface area (TPSA) is 41.6 Å². The maximum absolute atomic E-state index is 13.3. The Labute approximate surface area is 149 Å². The van der Waals surface area contributed by atoms with Gasteiger partial charge in [0.25, 0.3) is 0 Å². The van der Waals surface area contributed by atoms with Crippen molar-refractivity contribution in [3.05, 3.63) is 35.6 Å². The second-order valence-electron chi connectivity index (χ2n) is 7.55. The third-order valence-electron chi connectivity index (χ3n) is 5.77. The van der Waals surface area contributed by atoms with Gasteiger partial charge in [0.2, 0.25) is 5.91 Å². The van der Waals surface area contributed by atoms with Crippen molar-refractivity contribution in [1.29, 1.82) is 0 Å². The summed E-state index contributed by atoms with van der Waals surface area (Å²) >= 11 is 0. The Morgan fingerprint density at radius 2 is 1.88 bits per heavy atom. The van der Waals surface area contributed by atoms with E-state index in [-0.39, 0.29) is 29.8 Å². The summed E-state index contributed by atoms with van der Waals surface area (Å²) in [5, 5.41) is 3.05. The molecule has 1 aliphatic carbocycles. The average molecular weight is 348 g/mol. The Bertz CT molecular complexity index is 562. The predicted molar refractivity (Wildman–Crippen MR) is 96.0 cm³/mol. The van der Waals surface area contributed by atoms with Crippen molar-refractivity contribution < 1.29 is 13.9 Å². The molecule has 4 nitrogen and oxygen atoms in total. The van der Waals surface area contributed by atoms with E-state index in [1.54, 1.807) is 19.2 Å². The summed E-state index contributed by atoms with van der Waals surface area (Å²) in [5.74, 6) is -0.191. The van der Waals surface area contributed by atoms with E-state index in [1.807, 2.05) is 12.1 Å². The van der Waals surface area contributed by atoms with Crippen molar-refractivity contribution in [2.75, 3.05) is 33.4 Å². The first-order chi connectivity index (χ1) is 12.1. The SMILES string of the molecule is COCC(=O)NC1CCN(CC2(c3ccc(F)cc3)CCCC2)CC1. The maximum Gasteiger partial charge on any atom is 0.246 e. The standard InChI is InChI=1S/C20H29FN2O2/c1-25-14-19(24)22-18-8-12-23(13-9-18)15-20(10-2-3-11-20)16-4-6-17(21)7-5-16/h4-7,18H,2-3,8-15H2,1H3,(H,22,24). The number of nitrogens with one attached hydrogen (secondary N) is 1. The lowest BCUT2D eigenvalue weighted by Crippen LogP contribution is -2.48. The number of benzene rings is 1. The van der Waals surface area contributed by atoms with E-state index >= 15 is 0 Å². The zero-order valence-electron chi connectivity index (χ0n) is 15.1. The number of piperidine rings is 1. The minimum absolute atomic E-state index is 0.0282. The highest BCUT2D eigenvalue weighted by Crippen LogP contribution is 2.42. The van der Waals surface area contributed by atoms with Gasteiger partial charge in [0, 0.05) is 38.2 Å². The van der Waals surface area contributed by atoms with Gasteiger partial charge < -0.3 is 15.0 Å². The van der Waals surface area contributed by atoms with E-state index < -0.39 is 0 Å². The second kappa shape index (κ2) is 8.28. The molecule has 0 aromatic heterocycles. The first-order valence-corrected chi connectivity index (χ1v) is 9.38. The molecule has 138 valence electrons. The monoisotopic (exact) mass is 348 g/mol. The molecule has 1 N–H and O–H groups in total. The minimum Gasteiger partial charge on any atom is -0.375 e. The van der Waals surface area contributed by atoms with E-state index in [4.69, 9.17) is 4.74 Å². The average Bonchev–Trinajstić information content (AvgIpc) is 3.07. The van der Waals surface area contributed by atoms with E-state index in [0.717, 1.165) is 32.5 Å². The van der Waals surface area contributed by atoms with Gasteiger partial charge in [-0.1, -0.05) is 25.0 Å². The predicted octanol–water partition coefficient (Wildman–Crippen LogP) is 2.86. The van der Waals surface area contributed by atoms with Crippen LogP contribution in [0, 0.1) is 5.82 Å². The maximum atomic E-state index is 13.3. The summed E-state index contributed by atoms with van der Waals surface area (Å²) in [6, 6.07) is 7.38. The van der Waals surface area contributed by atoms with Crippen LogP contribution in [0.1, 0.15) is 44.1 Å². The molecule has 1 saturated carbocycles. The molecule has 0 spiro atoms. The zero-order chi connectivity index (χ0) is 17.7. The molecule has 1 aromatic rings. The first kappa shape index (κ1) is 18.3. The van der Waals surface area contributed by atoms with E-state index in [2.05, 4.69) is 10.2 Å². The first-order valence-electron chi connectivity index (χ1n) is 9.38. The number of hydrogen-bond acceptors (Lipinski definition) is 3. The second-order valence-corrected chi connectivity index (χ2v) is 7.55. The Morgan fingerprint density at radius 3 is 2.48 bits per heavy atom. The highest BCUT2D eigenvalue weighted by atomic mass is 19.1. The highest BCUT2D eigenvalue weighted by Gasteiger charge is 2.38. The van der Waals surface area contributed by atoms with Crippen LogP contribution in [0.15, 0.2) is 24.3 Å². The molecule has 1 heterocycles. The lowest BCUT2D eigenvalue weighted by molar-refractivity contribution is -0.125. The molecule has 2 aliphatic rings. The summed E-state index contributed by atoms with van der Waals surface area (Å²) in [6.45, 7) is 3.17. The number of carbonyl (C=O) groups is 1. The smallest absolute Gasteiger partial charge is 0.246 e. The molecule has 0 bridgehead atoms. The van der Waals surface area contributed by atoms with Gasteiger partial charge in [0.1, 0.15) is 12.4 Å². The normalized spacial score (nSPS) is 21.4. The third kappa shape index (κ3) is 4.59. The molecular formula is C20H29FN2O2. The Morgan fingerprint density at radius 1 is 1.24 bits per heavy atom. The van der Waals surface area contributed by atoms with Crippen LogP contribution in [-0.2, 0) is 14.9 Å². The number of ether oxygens (including phenoxy) is 1. The fraction of sp³-hybridized carbons (Fsp3) is 0.650.